The summed E-state index contributed by atoms with van der Waals surface area (Å²) in [5.74, 6) is 0.598. The maximum Gasteiger partial charge on any atom is 0.260 e. The van der Waals surface area contributed by atoms with Crippen molar-refractivity contribution >= 4 is 39.4 Å². The molecular weight excluding hydrogens is 442 g/mol. The lowest BCUT2D eigenvalue weighted by Gasteiger charge is -2.23. The highest BCUT2D eigenvalue weighted by Crippen LogP contribution is 2.28. The van der Waals surface area contributed by atoms with Crippen molar-refractivity contribution in [3.8, 4) is 11.5 Å². The fraction of sp³-hybridized carbons (Fsp3) is 0.333. The summed E-state index contributed by atoms with van der Waals surface area (Å²) >= 11 is 5.94. The van der Waals surface area contributed by atoms with Crippen LogP contribution in [0.1, 0.15) is 25.0 Å². The number of halogens is 1. The largest absolute Gasteiger partial charge is 0.490 e. The Bertz CT molecular complexity index is 1060. The molecular formula is C21H26ClN3O5S. The van der Waals surface area contributed by atoms with Crippen molar-refractivity contribution in [2.45, 2.75) is 20.8 Å². The zero-order valence-corrected chi connectivity index (χ0v) is 19.5. The van der Waals surface area contributed by atoms with Crippen molar-refractivity contribution in [3.05, 3.63) is 52.5 Å². The smallest absolute Gasteiger partial charge is 0.260 e. The normalized spacial score (nSPS) is 11.4. The fourth-order valence-electron chi connectivity index (χ4n) is 2.77. The van der Waals surface area contributed by atoms with E-state index < -0.39 is 22.5 Å². The summed E-state index contributed by atoms with van der Waals surface area (Å²) in [6, 6.07) is 10.0. The van der Waals surface area contributed by atoms with Gasteiger partial charge in [-0.1, -0.05) is 11.6 Å². The van der Waals surface area contributed by atoms with Gasteiger partial charge in [-0.2, -0.15) is 5.10 Å². The molecule has 0 aromatic heterocycles. The van der Waals surface area contributed by atoms with Gasteiger partial charge in [0.1, 0.15) is 6.54 Å². The topological polar surface area (TPSA) is 97.3 Å². The molecule has 2 rings (SSSR count). The zero-order valence-electron chi connectivity index (χ0n) is 17.9. The highest BCUT2D eigenvalue weighted by molar-refractivity contribution is 7.92. The third-order valence-corrected chi connectivity index (χ3v) is 5.45. The van der Waals surface area contributed by atoms with E-state index in [4.69, 9.17) is 21.1 Å². The Balaban J connectivity index is 2.12. The number of anilines is 1. The molecule has 0 aliphatic carbocycles. The lowest BCUT2D eigenvalue weighted by Crippen LogP contribution is -2.39. The number of carbonyl (C=O) groups is 1. The second-order valence-corrected chi connectivity index (χ2v) is 8.91. The van der Waals surface area contributed by atoms with E-state index >= 15 is 0 Å². The van der Waals surface area contributed by atoms with Crippen LogP contribution >= 0.6 is 11.6 Å². The Morgan fingerprint density at radius 2 is 1.81 bits per heavy atom. The molecule has 0 aliphatic heterocycles. The predicted octanol–water partition coefficient (Wildman–Crippen LogP) is 3.36. The minimum Gasteiger partial charge on any atom is -0.490 e. The van der Waals surface area contributed by atoms with Crippen molar-refractivity contribution in [1.82, 2.24) is 5.43 Å². The average Bonchev–Trinajstić information content (AvgIpc) is 2.68. The van der Waals surface area contributed by atoms with Crippen molar-refractivity contribution in [2.24, 2.45) is 5.10 Å². The van der Waals surface area contributed by atoms with Crippen molar-refractivity contribution in [1.29, 1.82) is 0 Å². The molecule has 168 valence electrons. The van der Waals surface area contributed by atoms with Gasteiger partial charge in [0.15, 0.2) is 11.5 Å². The van der Waals surface area contributed by atoms with Gasteiger partial charge in [-0.05, 0) is 68.3 Å². The molecule has 31 heavy (non-hydrogen) atoms. The molecule has 0 fully saturated rings. The summed E-state index contributed by atoms with van der Waals surface area (Å²) in [6.07, 6.45) is 2.47. The van der Waals surface area contributed by atoms with Crippen LogP contribution in [-0.4, -0.2) is 46.6 Å². The van der Waals surface area contributed by atoms with Gasteiger partial charge >= 0.3 is 0 Å². The molecule has 0 heterocycles. The lowest BCUT2D eigenvalue weighted by molar-refractivity contribution is -0.119. The fourth-order valence-corrected chi connectivity index (χ4v) is 3.91. The molecule has 0 unspecified atom stereocenters. The van der Waals surface area contributed by atoms with Gasteiger partial charge in [0.25, 0.3) is 5.91 Å². The van der Waals surface area contributed by atoms with E-state index in [1.54, 1.807) is 43.3 Å². The van der Waals surface area contributed by atoms with E-state index in [1.165, 1.54) is 6.21 Å². The monoisotopic (exact) mass is 467 g/mol. The minimum atomic E-state index is -3.70. The maximum atomic E-state index is 12.3. The number of sulfonamides is 1. The SMILES string of the molecule is CCOc1ccc(/C=N\NC(=O)CN(c2ccc(Cl)cc2C)S(C)(=O)=O)cc1OCC. The van der Waals surface area contributed by atoms with Gasteiger partial charge in [0.2, 0.25) is 10.0 Å². The summed E-state index contributed by atoms with van der Waals surface area (Å²) in [4.78, 5) is 12.3. The molecule has 0 radical (unpaired) electrons. The van der Waals surface area contributed by atoms with Gasteiger partial charge in [-0.25, -0.2) is 13.8 Å². The Morgan fingerprint density at radius 3 is 2.42 bits per heavy atom. The molecule has 2 aromatic rings. The first kappa shape index (κ1) is 24.5. The first-order valence-electron chi connectivity index (χ1n) is 9.61. The molecule has 0 bridgehead atoms. The Labute approximate surface area is 187 Å². The van der Waals surface area contributed by atoms with Crippen LogP contribution < -0.4 is 19.2 Å². The number of nitrogens with zero attached hydrogens (tertiary/aromatic N) is 2. The van der Waals surface area contributed by atoms with Gasteiger partial charge in [0.05, 0.1) is 31.4 Å². The Hall–Kier alpha value is -2.78. The molecule has 0 aliphatic rings. The van der Waals surface area contributed by atoms with E-state index in [1.807, 2.05) is 13.8 Å². The van der Waals surface area contributed by atoms with Crippen LogP contribution in [0.3, 0.4) is 0 Å². The Kier molecular flexibility index (Phi) is 8.70. The van der Waals surface area contributed by atoms with Crippen LogP contribution in [0.25, 0.3) is 0 Å². The lowest BCUT2D eigenvalue weighted by atomic mass is 10.2. The summed E-state index contributed by atoms with van der Waals surface area (Å²) in [5, 5.41) is 4.40. The first-order chi connectivity index (χ1) is 14.7. The number of hydrazone groups is 1. The standard InChI is InChI=1S/C21H26ClN3O5S/c1-5-29-19-10-7-16(12-20(19)30-6-2)13-23-24-21(26)14-25(31(4,27)28)18-9-8-17(22)11-15(18)3/h7-13H,5-6,14H2,1-4H3,(H,24,26)/b23-13-. The molecule has 0 saturated heterocycles. The predicted molar refractivity (Wildman–Crippen MR) is 123 cm³/mol. The van der Waals surface area contributed by atoms with Crippen molar-refractivity contribution < 1.29 is 22.7 Å². The summed E-state index contributed by atoms with van der Waals surface area (Å²) in [5.41, 5.74) is 4.04. The van der Waals surface area contributed by atoms with Crippen LogP contribution in [0, 0.1) is 6.92 Å². The number of hydrogen-bond donors (Lipinski definition) is 1. The van der Waals surface area contributed by atoms with Gasteiger partial charge in [0, 0.05) is 5.02 Å². The summed E-state index contributed by atoms with van der Waals surface area (Å²) < 4.78 is 36.5. The second kappa shape index (κ2) is 11.0. The molecule has 0 spiro atoms. The van der Waals surface area contributed by atoms with E-state index in [0.717, 1.165) is 10.6 Å². The number of nitrogens with one attached hydrogen (secondary N) is 1. The number of carbonyl (C=O) groups excluding carboxylic acids is 1. The third kappa shape index (κ3) is 7.15. The molecule has 1 amide bonds. The maximum absolute atomic E-state index is 12.3. The van der Waals surface area contributed by atoms with Crippen molar-refractivity contribution in [2.75, 3.05) is 30.3 Å². The number of ether oxygens (including phenoxy) is 2. The van der Waals surface area contributed by atoms with Crippen LogP contribution in [0.5, 0.6) is 11.5 Å². The van der Waals surface area contributed by atoms with Crippen LogP contribution in [0.2, 0.25) is 5.02 Å². The minimum absolute atomic E-state index is 0.374. The Morgan fingerprint density at radius 1 is 1.13 bits per heavy atom. The third-order valence-electron chi connectivity index (χ3n) is 4.09. The van der Waals surface area contributed by atoms with E-state index in [2.05, 4.69) is 10.5 Å². The number of rotatable bonds is 10. The number of amides is 1. The quantitative estimate of drug-likeness (QED) is 0.427. The molecule has 0 atom stereocenters. The number of hydrogen-bond acceptors (Lipinski definition) is 6. The first-order valence-corrected chi connectivity index (χ1v) is 11.8. The zero-order chi connectivity index (χ0) is 23.0. The van der Waals surface area contributed by atoms with Crippen LogP contribution in [0.15, 0.2) is 41.5 Å². The molecule has 0 saturated carbocycles. The molecule has 1 N–H and O–H groups in total. The molecule has 8 nitrogen and oxygen atoms in total. The van der Waals surface area contributed by atoms with E-state index in [9.17, 15) is 13.2 Å². The van der Waals surface area contributed by atoms with E-state index in [-0.39, 0.29) is 0 Å². The highest BCUT2D eigenvalue weighted by Gasteiger charge is 2.22. The van der Waals surface area contributed by atoms with Crippen LogP contribution in [0.4, 0.5) is 5.69 Å². The van der Waals surface area contributed by atoms with Gasteiger partial charge in [-0.15, -0.1) is 0 Å². The van der Waals surface area contributed by atoms with E-state index in [0.29, 0.717) is 46.5 Å². The molecule has 10 heteroatoms. The van der Waals surface area contributed by atoms with Gasteiger partial charge in [-0.3, -0.25) is 9.10 Å². The average molecular weight is 468 g/mol. The summed E-state index contributed by atoms with van der Waals surface area (Å²) in [6.45, 7) is 6.03. The highest BCUT2D eigenvalue weighted by atomic mass is 35.5. The van der Waals surface area contributed by atoms with Crippen molar-refractivity contribution in [3.63, 3.8) is 0 Å². The second-order valence-electron chi connectivity index (χ2n) is 6.57. The number of benzene rings is 2. The number of aryl methyl sites for hydroxylation is 1. The van der Waals surface area contributed by atoms with Crippen LogP contribution in [-0.2, 0) is 14.8 Å². The van der Waals surface area contributed by atoms with Gasteiger partial charge < -0.3 is 9.47 Å². The molecule has 2 aromatic carbocycles. The summed E-state index contributed by atoms with van der Waals surface area (Å²) in [7, 11) is -3.70.